The van der Waals surface area contributed by atoms with Crippen LogP contribution in [0, 0.1) is 11.8 Å². The molecule has 0 spiro atoms. The summed E-state index contributed by atoms with van der Waals surface area (Å²) in [7, 11) is 0. The number of hydrogen-bond acceptors (Lipinski definition) is 4. The van der Waals surface area contributed by atoms with Gasteiger partial charge in [0.15, 0.2) is 0 Å². The zero-order valence-electron chi connectivity index (χ0n) is 14.8. The largest absolute Gasteiger partial charge is 0.357 e. The fourth-order valence-corrected chi connectivity index (χ4v) is 2.58. The van der Waals surface area contributed by atoms with E-state index in [0.29, 0.717) is 36.0 Å². The van der Waals surface area contributed by atoms with Gasteiger partial charge in [-0.15, -0.1) is 0 Å². The van der Waals surface area contributed by atoms with E-state index in [1.54, 1.807) is 30.0 Å². The summed E-state index contributed by atoms with van der Waals surface area (Å²) >= 11 is 11.8. The average molecular weight is 408 g/mol. The third-order valence-electron chi connectivity index (χ3n) is 3.75. The maximum Gasteiger partial charge on any atom is 0.357 e. The molecule has 2 rings (SSSR count). The van der Waals surface area contributed by atoms with Crippen molar-refractivity contribution in [2.45, 2.75) is 25.8 Å². The molecular weight excluding hydrogens is 389 g/mol. The number of urea groups is 1. The highest BCUT2D eigenvalue weighted by Gasteiger charge is 2.21. The van der Waals surface area contributed by atoms with Crippen LogP contribution in [0.2, 0.25) is 10.0 Å². The molecule has 1 atom stereocenters. The Morgan fingerprint density at radius 2 is 2.04 bits per heavy atom. The predicted octanol–water partition coefficient (Wildman–Crippen LogP) is 3.62. The van der Waals surface area contributed by atoms with Crippen LogP contribution in [0.1, 0.15) is 25.3 Å². The number of carbonyl (C=O) groups is 2. The molecule has 27 heavy (non-hydrogen) atoms. The first-order valence-corrected chi connectivity index (χ1v) is 9.06. The van der Waals surface area contributed by atoms with Crippen LogP contribution in [-0.2, 0) is 9.63 Å². The Hall–Kier alpha value is -2.49. The first kappa shape index (κ1) is 20.8. The number of halogens is 2. The van der Waals surface area contributed by atoms with Gasteiger partial charge in [-0.3, -0.25) is 0 Å². The van der Waals surface area contributed by atoms with Gasteiger partial charge in [-0.2, -0.15) is 0 Å². The maximum atomic E-state index is 12.3. The Bertz CT molecular complexity index is 817. The molecule has 1 unspecified atom stereocenters. The molecule has 1 fully saturated rings. The number of nitrogens with one attached hydrogen (secondary N) is 1. The molecule has 1 aromatic carbocycles. The minimum Gasteiger partial charge on any atom is -0.325 e. The van der Waals surface area contributed by atoms with Gasteiger partial charge < -0.3 is 15.1 Å². The number of oxime groups is 1. The van der Waals surface area contributed by atoms with Gasteiger partial charge >= 0.3 is 12.0 Å². The SMILES string of the molecule is C=CC(=O)ON=C1CCN(C(=O)NC(C)C#Cc2ccc(Cl)c(Cl)c2)CC1. The molecule has 1 saturated heterocycles. The predicted molar refractivity (Wildman–Crippen MR) is 106 cm³/mol. The highest BCUT2D eigenvalue weighted by atomic mass is 35.5. The van der Waals surface area contributed by atoms with Crippen molar-refractivity contribution in [3.8, 4) is 11.8 Å². The molecule has 1 aliphatic heterocycles. The van der Waals surface area contributed by atoms with E-state index < -0.39 is 5.97 Å². The summed E-state index contributed by atoms with van der Waals surface area (Å²) in [6.07, 6.45) is 2.13. The van der Waals surface area contributed by atoms with E-state index in [2.05, 4.69) is 33.7 Å². The maximum absolute atomic E-state index is 12.3. The lowest BCUT2D eigenvalue weighted by atomic mass is 10.1. The molecule has 0 aromatic heterocycles. The molecule has 0 saturated carbocycles. The summed E-state index contributed by atoms with van der Waals surface area (Å²) in [5, 5.41) is 7.52. The molecule has 0 bridgehead atoms. The Labute approximate surface area is 168 Å². The second kappa shape index (κ2) is 10.0. The summed E-state index contributed by atoms with van der Waals surface area (Å²) in [4.78, 5) is 29.6. The van der Waals surface area contributed by atoms with E-state index in [4.69, 9.17) is 23.2 Å². The molecule has 1 N–H and O–H groups in total. The minimum atomic E-state index is -0.600. The lowest BCUT2D eigenvalue weighted by Gasteiger charge is -2.28. The molecule has 0 aliphatic carbocycles. The van der Waals surface area contributed by atoms with Gasteiger partial charge in [0.25, 0.3) is 0 Å². The number of hydrogen-bond donors (Lipinski definition) is 1. The first-order chi connectivity index (χ1) is 12.9. The highest BCUT2D eigenvalue weighted by molar-refractivity contribution is 6.42. The van der Waals surface area contributed by atoms with Crippen LogP contribution in [0.5, 0.6) is 0 Å². The van der Waals surface area contributed by atoms with Crippen LogP contribution in [0.25, 0.3) is 0 Å². The number of rotatable bonds is 3. The lowest BCUT2D eigenvalue weighted by Crippen LogP contribution is -2.47. The van der Waals surface area contributed by atoms with Crippen molar-refractivity contribution in [2.75, 3.05) is 13.1 Å². The first-order valence-electron chi connectivity index (χ1n) is 8.30. The molecule has 0 radical (unpaired) electrons. The van der Waals surface area contributed by atoms with Crippen LogP contribution < -0.4 is 5.32 Å². The van der Waals surface area contributed by atoms with Gasteiger partial charge in [0.2, 0.25) is 0 Å². The van der Waals surface area contributed by atoms with E-state index in [9.17, 15) is 9.59 Å². The van der Waals surface area contributed by atoms with E-state index >= 15 is 0 Å². The van der Waals surface area contributed by atoms with Gasteiger partial charge in [0, 0.05) is 37.6 Å². The van der Waals surface area contributed by atoms with Crippen molar-refractivity contribution < 1.29 is 14.4 Å². The number of likely N-dealkylation sites (tertiary alicyclic amines) is 1. The summed E-state index contributed by atoms with van der Waals surface area (Å²) in [6.45, 7) is 6.08. The minimum absolute atomic E-state index is 0.201. The number of nitrogens with zero attached hydrogens (tertiary/aromatic N) is 2. The van der Waals surface area contributed by atoms with Gasteiger partial charge in [-0.25, -0.2) is 9.59 Å². The Morgan fingerprint density at radius 1 is 1.33 bits per heavy atom. The Morgan fingerprint density at radius 3 is 2.67 bits per heavy atom. The monoisotopic (exact) mass is 407 g/mol. The van der Waals surface area contributed by atoms with Crippen molar-refractivity contribution in [3.63, 3.8) is 0 Å². The van der Waals surface area contributed by atoms with Gasteiger partial charge in [-0.1, -0.05) is 46.8 Å². The Balaban J connectivity index is 1.83. The zero-order valence-corrected chi connectivity index (χ0v) is 16.3. The highest BCUT2D eigenvalue weighted by Crippen LogP contribution is 2.22. The molecule has 2 amide bonds. The van der Waals surface area contributed by atoms with E-state index in [-0.39, 0.29) is 12.1 Å². The fraction of sp³-hybridized carbons (Fsp3) is 0.316. The van der Waals surface area contributed by atoms with E-state index in [0.717, 1.165) is 17.4 Å². The van der Waals surface area contributed by atoms with Crippen LogP contribution in [0.4, 0.5) is 4.79 Å². The van der Waals surface area contributed by atoms with Gasteiger partial charge in [0.1, 0.15) is 0 Å². The second-order valence-electron chi connectivity index (χ2n) is 5.83. The number of piperidine rings is 1. The van der Waals surface area contributed by atoms with Crippen molar-refractivity contribution in [3.05, 3.63) is 46.5 Å². The van der Waals surface area contributed by atoms with Crippen LogP contribution >= 0.6 is 23.2 Å². The zero-order chi connectivity index (χ0) is 19.8. The molecule has 6 nitrogen and oxygen atoms in total. The topological polar surface area (TPSA) is 71.0 Å². The van der Waals surface area contributed by atoms with Gasteiger partial charge in [0.05, 0.1) is 21.8 Å². The summed E-state index contributed by atoms with van der Waals surface area (Å²) in [5.74, 6) is 5.32. The van der Waals surface area contributed by atoms with E-state index in [1.807, 2.05) is 0 Å². The molecule has 8 heteroatoms. The number of carbonyl (C=O) groups excluding carboxylic acids is 2. The van der Waals surface area contributed by atoms with Crippen LogP contribution in [-0.4, -0.2) is 41.7 Å². The average Bonchev–Trinajstić information content (AvgIpc) is 2.67. The Kier molecular flexibility index (Phi) is 7.71. The quantitative estimate of drug-likeness (QED) is 0.360. The lowest BCUT2D eigenvalue weighted by molar-refractivity contribution is -0.137. The summed E-state index contributed by atoms with van der Waals surface area (Å²) in [5.41, 5.74) is 1.46. The molecule has 1 aromatic rings. The van der Waals surface area contributed by atoms with Crippen molar-refractivity contribution in [1.82, 2.24) is 10.2 Å². The summed E-state index contributed by atoms with van der Waals surface area (Å²) < 4.78 is 0. The smallest absolute Gasteiger partial charge is 0.325 e. The van der Waals surface area contributed by atoms with E-state index in [1.165, 1.54) is 0 Å². The van der Waals surface area contributed by atoms with Crippen molar-refractivity contribution >= 4 is 40.9 Å². The molecular formula is C19H19Cl2N3O3. The third kappa shape index (κ3) is 6.63. The third-order valence-corrected chi connectivity index (χ3v) is 4.49. The van der Waals surface area contributed by atoms with Crippen molar-refractivity contribution in [2.24, 2.45) is 5.16 Å². The molecule has 142 valence electrons. The summed E-state index contributed by atoms with van der Waals surface area (Å²) in [6, 6.07) is 4.58. The standard InChI is InChI=1S/C19H19Cl2N3O3/c1-3-18(25)27-23-15-8-10-24(11-9-15)19(26)22-13(2)4-5-14-6-7-16(20)17(21)12-14/h3,6-7,12-13H,1,8-11H2,2H3,(H,22,26). The normalized spacial score (nSPS) is 14.5. The van der Waals surface area contributed by atoms with Crippen LogP contribution in [0.3, 0.4) is 0 Å². The molecule has 1 heterocycles. The van der Waals surface area contributed by atoms with Gasteiger partial charge in [-0.05, 0) is 25.1 Å². The number of amides is 2. The number of benzene rings is 1. The fourth-order valence-electron chi connectivity index (χ4n) is 2.28. The molecule has 1 aliphatic rings. The van der Waals surface area contributed by atoms with Crippen LogP contribution in [0.15, 0.2) is 36.0 Å². The second-order valence-corrected chi connectivity index (χ2v) is 6.64. The van der Waals surface area contributed by atoms with Crippen molar-refractivity contribution in [1.29, 1.82) is 0 Å².